The average molecular weight is 261 g/mol. The number of hydrogen-bond donors (Lipinski definition) is 1. The van der Waals surface area contributed by atoms with Crippen LogP contribution in [-0.2, 0) is 13.5 Å². The van der Waals surface area contributed by atoms with Gasteiger partial charge in [0.25, 0.3) is 0 Å². The number of nitrogens with zero attached hydrogens (tertiary/aromatic N) is 2. The van der Waals surface area contributed by atoms with Gasteiger partial charge in [-0.25, -0.2) is 4.39 Å². The summed E-state index contributed by atoms with van der Waals surface area (Å²) in [6.07, 6.45) is 0.796. The van der Waals surface area contributed by atoms with Crippen LogP contribution in [0.3, 0.4) is 0 Å². The molecule has 3 nitrogen and oxygen atoms in total. The molecule has 2 aromatic rings. The molecule has 1 aromatic carbocycles. The predicted octanol–water partition coefficient (Wildman–Crippen LogP) is 3.40. The maximum absolute atomic E-state index is 13.4. The zero-order valence-corrected chi connectivity index (χ0v) is 11.9. The maximum Gasteiger partial charge on any atom is 0.129 e. The summed E-state index contributed by atoms with van der Waals surface area (Å²) in [6, 6.07) is 6.49. The van der Waals surface area contributed by atoms with Crippen LogP contribution >= 0.6 is 0 Å². The van der Waals surface area contributed by atoms with Crippen molar-refractivity contribution in [3.63, 3.8) is 0 Å². The van der Waals surface area contributed by atoms with Gasteiger partial charge < -0.3 is 5.73 Å². The van der Waals surface area contributed by atoms with Crippen molar-refractivity contribution in [2.45, 2.75) is 27.2 Å². The second-order valence-electron chi connectivity index (χ2n) is 6.08. The van der Waals surface area contributed by atoms with E-state index in [4.69, 9.17) is 5.73 Å². The van der Waals surface area contributed by atoms with Crippen molar-refractivity contribution in [1.82, 2.24) is 9.78 Å². The van der Waals surface area contributed by atoms with Gasteiger partial charge in [-0.15, -0.1) is 0 Å². The largest absolute Gasteiger partial charge is 0.383 e. The normalized spacial score (nSPS) is 11.8. The number of halogens is 1. The van der Waals surface area contributed by atoms with E-state index in [0.29, 0.717) is 5.82 Å². The fourth-order valence-electron chi connectivity index (χ4n) is 2.18. The summed E-state index contributed by atoms with van der Waals surface area (Å²) in [4.78, 5) is 0. The molecule has 1 aromatic heterocycles. The van der Waals surface area contributed by atoms with Crippen LogP contribution in [0.2, 0.25) is 0 Å². The molecule has 0 unspecified atom stereocenters. The highest BCUT2D eigenvalue weighted by Crippen LogP contribution is 2.33. The summed E-state index contributed by atoms with van der Waals surface area (Å²) in [6.45, 7) is 6.44. The number of aryl methyl sites for hydroxylation is 1. The Morgan fingerprint density at radius 1 is 1.32 bits per heavy atom. The second-order valence-corrected chi connectivity index (χ2v) is 6.08. The number of hydrogen-bond acceptors (Lipinski definition) is 2. The Bertz CT molecular complexity index is 594. The minimum Gasteiger partial charge on any atom is -0.383 e. The van der Waals surface area contributed by atoms with Crippen LogP contribution < -0.4 is 5.73 Å². The lowest BCUT2D eigenvalue weighted by atomic mass is 9.88. The van der Waals surface area contributed by atoms with Gasteiger partial charge in [-0.05, 0) is 29.5 Å². The number of anilines is 1. The number of nitrogen functional groups attached to an aromatic ring is 1. The molecule has 1 heterocycles. The quantitative estimate of drug-likeness (QED) is 0.900. The summed E-state index contributed by atoms with van der Waals surface area (Å²) in [5, 5.41) is 4.47. The first-order valence-electron chi connectivity index (χ1n) is 6.35. The Morgan fingerprint density at radius 3 is 2.58 bits per heavy atom. The minimum atomic E-state index is -0.262. The van der Waals surface area contributed by atoms with Crippen molar-refractivity contribution in [2.24, 2.45) is 12.5 Å². The van der Waals surface area contributed by atoms with E-state index >= 15 is 0 Å². The van der Waals surface area contributed by atoms with Gasteiger partial charge in [0, 0.05) is 12.6 Å². The average Bonchev–Trinajstić information content (AvgIpc) is 2.52. The predicted molar refractivity (Wildman–Crippen MR) is 76.2 cm³/mol. The van der Waals surface area contributed by atoms with E-state index in [0.717, 1.165) is 23.2 Å². The van der Waals surface area contributed by atoms with Crippen LogP contribution in [0, 0.1) is 11.2 Å². The van der Waals surface area contributed by atoms with E-state index in [1.807, 2.05) is 13.1 Å². The van der Waals surface area contributed by atoms with Gasteiger partial charge in [-0.2, -0.15) is 5.10 Å². The molecule has 19 heavy (non-hydrogen) atoms. The molecule has 0 saturated heterocycles. The fourth-order valence-corrected chi connectivity index (χ4v) is 2.18. The highest BCUT2D eigenvalue weighted by molar-refractivity contribution is 5.76. The van der Waals surface area contributed by atoms with Crippen molar-refractivity contribution in [3.8, 4) is 11.1 Å². The lowest BCUT2D eigenvalue weighted by Crippen LogP contribution is -2.10. The minimum absolute atomic E-state index is 0.100. The zero-order chi connectivity index (χ0) is 14.2. The number of nitrogens with two attached hydrogens (primary N) is 1. The van der Waals surface area contributed by atoms with E-state index in [2.05, 4.69) is 25.9 Å². The molecule has 4 heteroatoms. The Labute approximate surface area is 113 Å². The van der Waals surface area contributed by atoms with Crippen LogP contribution in [0.5, 0.6) is 0 Å². The van der Waals surface area contributed by atoms with Crippen LogP contribution in [0.4, 0.5) is 10.2 Å². The molecule has 0 aliphatic heterocycles. The van der Waals surface area contributed by atoms with E-state index in [9.17, 15) is 4.39 Å². The monoisotopic (exact) mass is 261 g/mol. The molecule has 0 bridgehead atoms. The van der Waals surface area contributed by atoms with Crippen molar-refractivity contribution < 1.29 is 4.39 Å². The summed E-state index contributed by atoms with van der Waals surface area (Å²) >= 11 is 0. The van der Waals surface area contributed by atoms with Crippen molar-refractivity contribution in [3.05, 3.63) is 35.8 Å². The molecule has 0 atom stereocenters. The third-order valence-corrected chi connectivity index (χ3v) is 2.98. The van der Waals surface area contributed by atoms with E-state index < -0.39 is 0 Å². The molecule has 0 spiro atoms. The highest BCUT2D eigenvalue weighted by atomic mass is 19.1. The van der Waals surface area contributed by atoms with Crippen LogP contribution in [-0.4, -0.2) is 9.78 Å². The Kier molecular flexibility index (Phi) is 3.35. The molecular formula is C15H20FN3. The van der Waals surface area contributed by atoms with Crippen molar-refractivity contribution in [1.29, 1.82) is 0 Å². The molecule has 102 valence electrons. The smallest absolute Gasteiger partial charge is 0.129 e. The van der Waals surface area contributed by atoms with Gasteiger partial charge in [0.1, 0.15) is 11.6 Å². The molecular weight excluding hydrogens is 241 g/mol. The first kappa shape index (κ1) is 13.6. The first-order valence-corrected chi connectivity index (χ1v) is 6.35. The maximum atomic E-state index is 13.4. The Morgan fingerprint density at radius 2 is 2.00 bits per heavy atom. The lowest BCUT2D eigenvalue weighted by Gasteiger charge is -2.17. The standard InChI is InChI=1S/C15H20FN3/c1-15(2,3)9-12-13(14(17)19(4)18-12)10-6-5-7-11(16)8-10/h5-8H,9,17H2,1-4H3. The van der Waals surface area contributed by atoms with E-state index in [1.165, 1.54) is 12.1 Å². The summed E-state index contributed by atoms with van der Waals surface area (Å²) in [7, 11) is 1.81. The van der Waals surface area contributed by atoms with Crippen LogP contribution in [0.15, 0.2) is 24.3 Å². The second kappa shape index (κ2) is 4.68. The van der Waals surface area contributed by atoms with Gasteiger partial charge in [0.05, 0.1) is 5.69 Å². The molecule has 2 N–H and O–H groups in total. The van der Waals surface area contributed by atoms with Gasteiger partial charge in [0.2, 0.25) is 0 Å². The third-order valence-electron chi connectivity index (χ3n) is 2.98. The summed E-state index contributed by atoms with van der Waals surface area (Å²) in [5.41, 5.74) is 8.72. The Balaban J connectivity index is 2.55. The third kappa shape index (κ3) is 2.95. The fraction of sp³-hybridized carbons (Fsp3) is 0.400. The molecule has 0 aliphatic carbocycles. The van der Waals surface area contributed by atoms with Crippen LogP contribution in [0.25, 0.3) is 11.1 Å². The number of benzene rings is 1. The van der Waals surface area contributed by atoms with Gasteiger partial charge in [-0.3, -0.25) is 4.68 Å². The van der Waals surface area contributed by atoms with Crippen molar-refractivity contribution in [2.75, 3.05) is 5.73 Å². The first-order chi connectivity index (χ1) is 8.78. The van der Waals surface area contributed by atoms with E-state index in [-0.39, 0.29) is 11.2 Å². The van der Waals surface area contributed by atoms with Crippen molar-refractivity contribution >= 4 is 5.82 Å². The number of rotatable bonds is 2. The van der Waals surface area contributed by atoms with Crippen LogP contribution in [0.1, 0.15) is 26.5 Å². The summed E-state index contributed by atoms with van der Waals surface area (Å²) < 4.78 is 15.0. The molecule has 0 radical (unpaired) electrons. The molecule has 0 aliphatic rings. The van der Waals surface area contributed by atoms with E-state index in [1.54, 1.807) is 10.7 Å². The SMILES string of the molecule is Cn1nc(CC(C)(C)C)c(-c2cccc(F)c2)c1N. The number of aromatic nitrogens is 2. The molecule has 2 rings (SSSR count). The highest BCUT2D eigenvalue weighted by Gasteiger charge is 2.21. The van der Waals surface area contributed by atoms with Gasteiger partial charge >= 0.3 is 0 Å². The zero-order valence-electron chi connectivity index (χ0n) is 11.9. The van der Waals surface area contributed by atoms with Gasteiger partial charge in [-0.1, -0.05) is 32.9 Å². The lowest BCUT2D eigenvalue weighted by molar-refractivity contribution is 0.405. The van der Waals surface area contributed by atoms with Gasteiger partial charge in [0.15, 0.2) is 0 Å². The summed E-state index contributed by atoms with van der Waals surface area (Å²) in [5.74, 6) is 0.312. The Hall–Kier alpha value is -1.84. The topological polar surface area (TPSA) is 43.8 Å². The molecule has 0 saturated carbocycles. The molecule has 0 amide bonds. The molecule has 0 fully saturated rings.